The summed E-state index contributed by atoms with van der Waals surface area (Å²) in [5.74, 6) is 0.679. The number of hydrogen-bond donors (Lipinski definition) is 2. The van der Waals surface area contributed by atoms with Gasteiger partial charge in [-0.05, 0) is 45.0 Å². The Morgan fingerprint density at radius 2 is 2.00 bits per heavy atom. The minimum atomic E-state index is -0.310. The quantitative estimate of drug-likeness (QED) is 0.777. The molecule has 26 heavy (non-hydrogen) atoms. The summed E-state index contributed by atoms with van der Waals surface area (Å²) in [6.07, 6.45) is 3.86. The van der Waals surface area contributed by atoms with E-state index in [0.29, 0.717) is 37.6 Å². The maximum Gasteiger partial charge on any atom is 0.225 e. The Balaban J connectivity index is 1.46. The fraction of sp³-hybridized carbons (Fsp3) is 0.650. The van der Waals surface area contributed by atoms with Gasteiger partial charge in [-0.25, -0.2) is 0 Å². The van der Waals surface area contributed by atoms with E-state index in [4.69, 9.17) is 4.74 Å². The molecule has 3 rings (SSSR count). The maximum atomic E-state index is 12.3. The zero-order valence-corrected chi connectivity index (χ0v) is 15.7. The third kappa shape index (κ3) is 4.96. The van der Waals surface area contributed by atoms with Crippen LogP contribution in [-0.4, -0.2) is 72.3 Å². The van der Waals surface area contributed by atoms with Crippen molar-refractivity contribution >= 4 is 11.6 Å². The lowest BCUT2D eigenvalue weighted by Gasteiger charge is -2.33. The van der Waals surface area contributed by atoms with E-state index in [2.05, 4.69) is 15.1 Å². The summed E-state index contributed by atoms with van der Waals surface area (Å²) in [4.78, 5) is 17.0. The molecule has 0 saturated carbocycles. The van der Waals surface area contributed by atoms with Crippen molar-refractivity contribution in [1.29, 1.82) is 0 Å². The van der Waals surface area contributed by atoms with Crippen LogP contribution < -0.4 is 10.1 Å². The molecule has 2 atom stereocenters. The van der Waals surface area contributed by atoms with Crippen LogP contribution in [0, 0.1) is 0 Å². The van der Waals surface area contributed by atoms with Crippen molar-refractivity contribution in [3.05, 3.63) is 24.3 Å². The number of para-hydroxylation sites is 2. The molecule has 1 aromatic rings. The van der Waals surface area contributed by atoms with Gasteiger partial charge in [0.1, 0.15) is 5.75 Å². The molecule has 0 unspecified atom stereocenters. The van der Waals surface area contributed by atoms with Crippen molar-refractivity contribution in [2.45, 2.75) is 44.8 Å². The number of likely N-dealkylation sites (tertiary alicyclic amines) is 2. The molecule has 1 aromatic carbocycles. The zero-order valence-electron chi connectivity index (χ0n) is 15.7. The fourth-order valence-electron chi connectivity index (χ4n) is 3.96. The number of nitrogens with one attached hydrogen (secondary N) is 1. The average molecular weight is 361 g/mol. The van der Waals surface area contributed by atoms with Crippen LogP contribution in [0.3, 0.4) is 0 Å². The summed E-state index contributed by atoms with van der Waals surface area (Å²) in [7, 11) is 0. The molecule has 0 radical (unpaired) electrons. The number of carbonyl (C=O) groups is 1. The fourth-order valence-corrected chi connectivity index (χ4v) is 3.96. The molecule has 0 aromatic heterocycles. The van der Waals surface area contributed by atoms with Gasteiger partial charge in [-0.15, -0.1) is 0 Å². The van der Waals surface area contributed by atoms with Crippen molar-refractivity contribution < 1.29 is 14.6 Å². The molecule has 2 aliphatic rings. The Hall–Kier alpha value is -1.63. The first kappa shape index (κ1) is 19.1. The molecule has 2 heterocycles. The monoisotopic (exact) mass is 361 g/mol. The molecule has 6 nitrogen and oxygen atoms in total. The molecule has 2 N–H and O–H groups in total. The van der Waals surface area contributed by atoms with E-state index in [9.17, 15) is 9.90 Å². The van der Waals surface area contributed by atoms with Gasteiger partial charge in [0.15, 0.2) is 0 Å². The van der Waals surface area contributed by atoms with Gasteiger partial charge < -0.3 is 15.2 Å². The Bertz CT molecular complexity index is 589. The Kier molecular flexibility index (Phi) is 6.88. The molecular formula is C20H31N3O3. The van der Waals surface area contributed by atoms with E-state index in [0.717, 1.165) is 19.6 Å². The highest BCUT2D eigenvalue weighted by atomic mass is 16.5. The van der Waals surface area contributed by atoms with E-state index < -0.39 is 0 Å². The van der Waals surface area contributed by atoms with Crippen LogP contribution in [0.4, 0.5) is 5.69 Å². The van der Waals surface area contributed by atoms with Crippen LogP contribution in [0.25, 0.3) is 0 Å². The summed E-state index contributed by atoms with van der Waals surface area (Å²) >= 11 is 0. The molecule has 0 spiro atoms. The summed E-state index contributed by atoms with van der Waals surface area (Å²) in [5.41, 5.74) is 0.715. The molecular weight excluding hydrogens is 330 g/mol. The van der Waals surface area contributed by atoms with Gasteiger partial charge in [0, 0.05) is 32.1 Å². The van der Waals surface area contributed by atoms with E-state index >= 15 is 0 Å². The second-order valence-electron chi connectivity index (χ2n) is 7.22. The number of benzene rings is 1. The highest BCUT2D eigenvalue weighted by Gasteiger charge is 2.35. The van der Waals surface area contributed by atoms with Crippen molar-refractivity contribution in [3.63, 3.8) is 0 Å². The van der Waals surface area contributed by atoms with Crippen LogP contribution in [0.2, 0.25) is 0 Å². The van der Waals surface area contributed by atoms with E-state index in [1.54, 1.807) is 0 Å². The Morgan fingerprint density at radius 3 is 2.77 bits per heavy atom. The number of aliphatic hydroxyl groups is 1. The zero-order chi connectivity index (χ0) is 18.4. The van der Waals surface area contributed by atoms with Crippen molar-refractivity contribution in [2.24, 2.45) is 0 Å². The lowest BCUT2D eigenvalue weighted by molar-refractivity contribution is -0.116. The van der Waals surface area contributed by atoms with Crippen molar-refractivity contribution in [2.75, 3.05) is 44.6 Å². The number of amides is 1. The van der Waals surface area contributed by atoms with Gasteiger partial charge in [0.25, 0.3) is 0 Å². The van der Waals surface area contributed by atoms with Crippen LogP contribution in [-0.2, 0) is 4.79 Å². The largest absolute Gasteiger partial charge is 0.492 e. The number of hydrogen-bond acceptors (Lipinski definition) is 5. The van der Waals surface area contributed by atoms with Gasteiger partial charge in [-0.3, -0.25) is 14.6 Å². The molecule has 6 heteroatoms. The van der Waals surface area contributed by atoms with Crippen LogP contribution >= 0.6 is 0 Å². The minimum absolute atomic E-state index is 0.0203. The summed E-state index contributed by atoms with van der Waals surface area (Å²) in [6.45, 7) is 6.85. The van der Waals surface area contributed by atoms with Gasteiger partial charge in [-0.1, -0.05) is 18.6 Å². The van der Waals surface area contributed by atoms with Crippen LogP contribution in [0.1, 0.15) is 32.6 Å². The summed E-state index contributed by atoms with van der Waals surface area (Å²) in [6, 6.07) is 7.72. The maximum absolute atomic E-state index is 12.3. The average Bonchev–Trinajstić information content (AvgIpc) is 3.03. The third-order valence-corrected chi connectivity index (χ3v) is 5.31. The number of piperidine rings is 1. The van der Waals surface area contributed by atoms with Crippen molar-refractivity contribution in [3.8, 4) is 5.75 Å². The van der Waals surface area contributed by atoms with Gasteiger partial charge in [0.05, 0.1) is 18.4 Å². The van der Waals surface area contributed by atoms with E-state index in [1.165, 1.54) is 19.3 Å². The Morgan fingerprint density at radius 1 is 1.23 bits per heavy atom. The first-order valence-corrected chi connectivity index (χ1v) is 9.83. The standard InChI is InChI=1S/C20H31N3O3/c1-2-26-19-9-5-4-8-16(19)21-20(25)10-13-22-14-17(18(24)15-22)23-11-6-3-7-12-23/h4-5,8-9,17-18,24H,2-3,6-7,10-15H2,1H3,(H,21,25)/t17-,18-/m0/s1. The number of aliphatic hydroxyl groups excluding tert-OH is 1. The normalized spacial score (nSPS) is 24.5. The number of nitrogens with zero attached hydrogens (tertiary/aromatic N) is 2. The highest BCUT2D eigenvalue weighted by Crippen LogP contribution is 2.24. The van der Waals surface area contributed by atoms with Crippen molar-refractivity contribution in [1.82, 2.24) is 9.80 Å². The summed E-state index contributed by atoms with van der Waals surface area (Å²) in [5, 5.41) is 13.3. The minimum Gasteiger partial charge on any atom is -0.492 e. The molecule has 0 aliphatic carbocycles. The molecule has 0 bridgehead atoms. The second kappa shape index (κ2) is 9.35. The molecule has 1 amide bonds. The first-order valence-electron chi connectivity index (χ1n) is 9.83. The number of ether oxygens (including phenoxy) is 1. The number of β-amino-alcohol motifs (C(OH)–C–C–N with tert-alkyl or cyclic N) is 1. The van der Waals surface area contributed by atoms with Gasteiger partial charge in [0.2, 0.25) is 5.91 Å². The van der Waals surface area contributed by atoms with E-state index in [1.807, 2.05) is 31.2 Å². The molecule has 2 saturated heterocycles. The smallest absolute Gasteiger partial charge is 0.225 e. The van der Waals surface area contributed by atoms with Crippen LogP contribution in [0.15, 0.2) is 24.3 Å². The molecule has 144 valence electrons. The lowest BCUT2D eigenvalue weighted by atomic mass is 10.1. The predicted octanol–water partition coefficient (Wildman–Crippen LogP) is 1.94. The second-order valence-corrected chi connectivity index (χ2v) is 7.22. The SMILES string of the molecule is CCOc1ccccc1NC(=O)CCN1C[C@H](O)[C@@H](N2CCCCC2)C1. The number of rotatable bonds is 7. The number of carbonyl (C=O) groups excluding carboxylic acids is 1. The van der Waals surface area contributed by atoms with Crippen LogP contribution in [0.5, 0.6) is 5.75 Å². The van der Waals surface area contributed by atoms with Gasteiger partial charge >= 0.3 is 0 Å². The lowest BCUT2D eigenvalue weighted by Crippen LogP contribution is -2.45. The molecule has 2 fully saturated rings. The van der Waals surface area contributed by atoms with E-state index in [-0.39, 0.29) is 18.1 Å². The highest BCUT2D eigenvalue weighted by molar-refractivity contribution is 5.92. The predicted molar refractivity (Wildman–Crippen MR) is 103 cm³/mol. The molecule has 2 aliphatic heterocycles. The Labute approximate surface area is 156 Å². The third-order valence-electron chi connectivity index (χ3n) is 5.31. The first-order chi connectivity index (χ1) is 12.7. The summed E-state index contributed by atoms with van der Waals surface area (Å²) < 4.78 is 5.55. The number of anilines is 1. The van der Waals surface area contributed by atoms with Gasteiger partial charge in [-0.2, -0.15) is 0 Å². The topological polar surface area (TPSA) is 65.0 Å².